The Kier molecular flexibility index (Phi) is 8.27. The molecule has 46 valence electrons. The zero-order valence-electron chi connectivity index (χ0n) is 5.59. The molecule has 0 N–H and O–H groups in total. The number of carbonyl (C=O) groups is 2. The van der Waals surface area contributed by atoms with Gasteiger partial charge in [0.25, 0.3) is 0 Å². The predicted octanol–water partition coefficient (Wildman–Crippen LogP) is -4.03. The first-order chi connectivity index (χ1) is 3.66. The molecular formula is C5H7NaO3. The van der Waals surface area contributed by atoms with Gasteiger partial charge in [-0.3, -0.25) is 0 Å². The summed E-state index contributed by atoms with van der Waals surface area (Å²) in [7, 11) is 0. The second-order valence-electron chi connectivity index (χ2n) is 1.69. The van der Waals surface area contributed by atoms with E-state index in [0.29, 0.717) is 6.29 Å². The summed E-state index contributed by atoms with van der Waals surface area (Å²) >= 11 is 0. The zero-order valence-corrected chi connectivity index (χ0v) is 7.59. The van der Waals surface area contributed by atoms with E-state index in [1.807, 2.05) is 0 Å². The van der Waals surface area contributed by atoms with Crippen molar-refractivity contribution in [3.63, 3.8) is 0 Å². The molecule has 0 rings (SSSR count). The van der Waals surface area contributed by atoms with Crippen LogP contribution in [0, 0.1) is 5.92 Å². The molecule has 1 unspecified atom stereocenters. The van der Waals surface area contributed by atoms with Gasteiger partial charge in [0.1, 0.15) is 6.29 Å². The molecule has 9 heavy (non-hydrogen) atoms. The van der Waals surface area contributed by atoms with E-state index in [9.17, 15) is 14.7 Å². The topological polar surface area (TPSA) is 57.2 Å². The van der Waals surface area contributed by atoms with E-state index in [4.69, 9.17) is 0 Å². The fourth-order valence-electron chi connectivity index (χ4n) is 0.311. The van der Waals surface area contributed by atoms with Gasteiger partial charge >= 0.3 is 29.6 Å². The van der Waals surface area contributed by atoms with Gasteiger partial charge in [0.2, 0.25) is 0 Å². The molecular weight excluding hydrogens is 131 g/mol. The maximum atomic E-state index is 9.75. The molecule has 0 radical (unpaired) electrons. The monoisotopic (exact) mass is 138 g/mol. The Morgan fingerprint density at radius 2 is 2.22 bits per heavy atom. The predicted molar refractivity (Wildman–Crippen MR) is 24.9 cm³/mol. The molecule has 0 spiro atoms. The first-order valence-electron chi connectivity index (χ1n) is 2.32. The molecule has 0 aliphatic rings. The van der Waals surface area contributed by atoms with Gasteiger partial charge in [-0.1, -0.05) is 6.92 Å². The summed E-state index contributed by atoms with van der Waals surface area (Å²) in [5.41, 5.74) is 0. The number of aldehydes is 1. The molecule has 4 heteroatoms. The van der Waals surface area contributed by atoms with Gasteiger partial charge in [0.05, 0.1) is 0 Å². The molecule has 0 aromatic heterocycles. The molecule has 0 aliphatic carbocycles. The SMILES string of the molecule is CC(C=O)CC(=O)[O-].[Na+]. The molecule has 1 atom stereocenters. The Bertz CT molecular complexity index is 102. The van der Waals surface area contributed by atoms with E-state index in [0.717, 1.165) is 0 Å². The van der Waals surface area contributed by atoms with Crippen LogP contribution in [0.4, 0.5) is 0 Å². The van der Waals surface area contributed by atoms with Gasteiger partial charge in [-0.2, -0.15) is 0 Å². The molecule has 3 nitrogen and oxygen atoms in total. The average molecular weight is 138 g/mol. The molecule has 0 aromatic rings. The Labute approximate surface area is 75.7 Å². The molecule has 0 bridgehead atoms. The van der Waals surface area contributed by atoms with Crippen LogP contribution in [0.2, 0.25) is 0 Å². The number of hydrogen-bond donors (Lipinski definition) is 0. The van der Waals surface area contributed by atoms with Crippen molar-refractivity contribution >= 4 is 12.3 Å². The number of aliphatic carboxylic acids is 1. The summed E-state index contributed by atoms with van der Waals surface area (Å²) in [5, 5.41) is 9.70. The van der Waals surface area contributed by atoms with Crippen LogP contribution in [0.3, 0.4) is 0 Å². The van der Waals surface area contributed by atoms with Crippen LogP contribution in [0.1, 0.15) is 13.3 Å². The largest absolute Gasteiger partial charge is 1.00 e. The van der Waals surface area contributed by atoms with Crippen LogP contribution in [0.25, 0.3) is 0 Å². The third-order valence-electron chi connectivity index (χ3n) is 0.721. The van der Waals surface area contributed by atoms with E-state index in [1.54, 1.807) is 0 Å². The normalized spacial score (nSPS) is 11.2. The number of carboxylic acids is 1. The van der Waals surface area contributed by atoms with Gasteiger partial charge in [-0.15, -0.1) is 0 Å². The van der Waals surface area contributed by atoms with Crippen molar-refractivity contribution < 1.29 is 44.3 Å². The maximum Gasteiger partial charge on any atom is 1.00 e. The van der Waals surface area contributed by atoms with Crippen molar-refractivity contribution in [2.45, 2.75) is 13.3 Å². The van der Waals surface area contributed by atoms with E-state index in [-0.39, 0.29) is 36.0 Å². The minimum atomic E-state index is -1.18. The Morgan fingerprint density at radius 1 is 1.78 bits per heavy atom. The summed E-state index contributed by atoms with van der Waals surface area (Å²) < 4.78 is 0. The molecule has 0 heterocycles. The standard InChI is InChI=1S/C5H8O3.Na/c1-4(3-6)2-5(7)8;/h3-4H,2H2,1H3,(H,7,8);/q;+1/p-1. The molecule has 0 saturated carbocycles. The molecule has 0 aliphatic heterocycles. The molecule has 0 saturated heterocycles. The van der Waals surface area contributed by atoms with Crippen molar-refractivity contribution in [2.24, 2.45) is 5.92 Å². The number of carboxylic acid groups (broad SMARTS) is 1. The van der Waals surface area contributed by atoms with Gasteiger partial charge in [0.15, 0.2) is 0 Å². The van der Waals surface area contributed by atoms with Crippen molar-refractivity contribution in [3.05, 3.63) is 0 Å². The van der Waals surface area contributed by atoms with Crippen LogP contribution >= 0.6 is 0 Å². The van der Waals surface area contributed by atoms with Gasteiger partial charge in [-0.25, -0.2) is 0 Å². The minimum absolute atomic E-state index is 0. The van der Waals surface area contributed by atoms with Gasteiger partial charge in [0, 0.05) is 11.9 Å². The Hall–Kier alpha value is 0.140. The van der Waals surface area contributed by atoms with Crippen molar-refractivity contribution in [1.29, 1.82) is 0 Å². The average Bonchev–Trinajstić information content (AvgIpc) is 1.65. The summed E-state index contributed by atoms with van der Waals surface area (Å²) in [6.07, 6.45) is 0.416. The van der Waals surface area contributed by atoms with E-state index in [1.165, 1.54) is 6.92 Å². The smallest absolute Gasteiger partial charge is 0.550 e. The summed E-state index contributed by atoms with van der Waals surface area (Å²) in [4.78, 5) is 19.4. The first kappa shape index (κ1) is 11.9. The second-order valence-corrected chi connectivity index (χ2v) is 1.69. The number of carbonyl (C=O) groups excluding carboxylic acids is 2. The van der Waals surface area contributed by atoms with Crippen LogP contribution in [-0.4, -0.2) is 12.3 Å². The zero-order chi connectivity index (χ0) is 6.57. The van der Waals surface area contributed by atoms with Crippen LogP contribution in [0.15, 0.2) is 0 Å². The molecule has 0 amide bonds. The van der Waals surface area contributed by atoms with Crippen LogP contribution in [0.5, 0.6) is 0 Å². The van der Waals surface area contributed by atoms with Crippen molar-refractivity contribution in [1.82, 2.24) is 0 Å². The van der Waals surface area contributed by atoms with Crippen molar-refractivity contribution in [3.8, 4) is 0 Å². The minimum Gasteiger partial charge on any atom is -0.550 e. The third kappa shape index (κ3) is 8.14. The van der Waals surface area contributed by atoms with E-state index in [2.05, 4.69) is 0 Å². The number of hydrogen-bond acceptors (Lipinski definition) is 3. The first-order valence-corrected chi connectivity index (χ1v) is 2.32. The quantitative estimate of drug-likeness (QED) is 0.295. The fourth-order valence-corrected chi connectivity index (χ4v) is 0.311. The molecule has 0 aromatic carbocycles. The van der Waals surface area contributed by atoms with E-state index >= 15 is 0 Å². The Balaban J connectivity index is 0. The second kappa shape index (κ2) is 6.26. The van der Waals surface area contributed by atoms with Crippen LogP contribution < -0.4 is 34.7 Å². The summed E-state index contributed by atoms with van der Waals surface area (Å²) in [6, 6.07) is 0. The number of rotatable bonds is 3. The summed E-state index contributed by atoms with van der Waals surface area (Å²) in [5.74, 6) is -1.59. The maximum absolute atomic E-state index is 9.75. The Morgan fingerprint density at radius 3 is 2.33 bits per heavy atom. The third-order valence-corrected chi connectivity index (χ3v) is 0.721. The van der Waals surface area contributed by atoms with Gasteiger partial charge < -0.3 is 14.7 Å². The van der Waals surface area contributed by atoms with Crippen LogP contribution in [-0.2, 0) is 9.59 Å². The van der Waals surface area contributed by atoms with Gasteiger partial charge in [-0.05, 0) is 6.42 Å². The van der Waals surface area contributed by atoms with Crippen molar-refractivity contribution in [2.75, 3.05) is 0 Å². The summed E-state index contributed by atoms with van der Waals surface area (Å²) in [6.45, 7) is 1.53. The van der Waals surface area contributed by atoms with E-state index < -0.39 is 11.9 Å². The fraction of sp³-hybridized carbons (Fsp3) is 0.600. The molecule has 0 fully saturated rings.